The molecule has 0 saturated heterocycles. The van der Waals surface area contributed by atoms with Crippen LogP contribution in [-0.2, 0) is 0 Å². The number of nitrogens with one attached hydrogen (secondary N) is 1. The maximum atomic E-state index is 13.2. The van der Waals surface area contributed by atoms with Crippen molar-refractivity contribution in [2.24, 2.45) is 0 Å². The first-order chi connectivity index (χ1) is 7.59. The second kappa shape index (κ2) is 3.90. The van der Waals surface area contributed by atoms with Crippen molar-refractivity contribution in [3.05, 3.63) is 34.9 Å². The molecule has 1 aromatic carbocycles. The number of nitrogens with zero attached hydrogens (tertiary/aromatic N) is 2. The SMILES string of the molecule is O=C(O)c1cc(F)cc(-c2nc[nH]n2)c1Cl. The topological polar surface area (TPSA) is 78.9 Å². The highest BCUT2D eigenvalue weighted by molar-refractivity contribution is 6.36. The van der Waals surface area contributed by atoms with Gasteiger partial charge >= 0.3 is 5.97 Å². The first kappa shape index (κ1) is 10.6. The van der Waals surface area contributed by atoms with Crippen molar-refractivity contribution in [2.75, 3.05) is 0 Å². The van der Waals surface area contributed by atoms with Crippen molar-refractivity contribution in [1.29, 1.82) is 0 Å². The molecule has 0 aliphatic carbocycles. The number of carboxylic acids is 1. The van der Waals surface area contributed by atoms with Crippen LogP contribution in [0.2, 0.25) is 5.02 Å². The van der Waals surface area contributed by atoms with Gasteiger partial charge in [0.2, 0.25) is 0 Å². The Morgan fingerprint density at radius 1 is 1.50 bits per heavy atom. The van der Waals surface area contributed by atoms with Gasteiger partial charge in [0.25, 0.3) is 0 Å². The van der Waals surface area contributed by atoms with Crippen LogP contribution in [0.15, 0.2) is 18.5 Å². The van der Waals surface area contributed by atoms with E-state index in [-0.39, 0.29) is 22.0 Å². The van der Waals surface area contributed by atoms with E-state index in [1.165, 1.54) is 6.33 Å². The first-order valence-electron chi connectivity index (χ1n) is 4.18. The molecule has 0 unspecified atom stereocenters. The molecule has 1 heterocycles. The zero-order valence-electron chi connectivity index (χ0n) is 7.74. The van der Waals surface area contributed by atoms with Gasteiger partial charge in [0, 0.05) is 5.56 Å². The molecule has 0 aliphatic rings. The Morgan fingerprint density at radius 3 is 2.81 bits per heavy atom. The molecule has 0 fully saturated rings. The molecule has 0 spiro atoms. The molecule has 0 aliphatic heterocycles. The fourth-order valence-corrected chi connectivity index (χ4v) is 1.52. The summed E-state index contributed by atoms with van der Waals surface area (Å²) in [6, 6.07) is 1.93. The Labute approximate surface area is 93.9 Å². The Hall–Kier alpha value is -1.95. The van der Waals surface area contributed by atoms with E-state index in [4.69, 9.17) is 16.7 Å². The van der Waals surface area contributed by atoms with E-state index >= 15 is 0 Å². The second-order valence-corrected chi connectivity index (χ2v) is 3.32. The summed E-state index contributed by atoms with van der Waals surface area (Å²) in [6.07, 6.45) is 1.29. The Morgan fingerprint density at radius 2 is 2.25 bits per heavy atom. The highest BCUT2D eigenvalue weighted by Gasteiger charge is 2.17. The largest absolute Gasteiger partial charge is 0.478 e. The Bertz CT molecular complexity index is 542. The summed E-state index contributed by atoms with van der Waals surface area (Å²) in [5.74, 6) is -1.87. The zero-order chi connectivity index (χ0) is 11.7. The van der Waals surface area contributed by atoms with Gasteiger partial charge in [-0.05, 0) is 12.1 Å². The van der Waals surface area contributed by atoms with Crippen molar-refractivity contribution in [3.63, 3.8) is 0 Å². The van der Waals surface area contributed by atoms with Crippen LogP contribution in [0.4, 0.5) is 4.39 Å². The molecule has 2 aromatic rings. The van der Waals surface area contributed by atoms with E-state index in [0.717, 1.165) is 12.1 Å². The van der Waals surface area contributed by atoms with E-state index < -0.39 is 11.8 Å². The molecule has 2 rings (SSSR count). The molecule has 0 amide bonds. The first-order valence-corrected chi connectivity index (χ1v) is 4.56. The number of aromatic nitrogens is 3. The van der Waals surface area contributed by atoms with E-state index in [2.05, 4.69) is 15.2 Å². The van der Waals surface area contributed by atoms with Crippen molar-refractivity contribution in [1.82, 2.24) is 15.2 Å². The number of rotatable bonds is 2. The average Bonchev–Trinajstić information content (AvgIpc) is 2.73. The number of hydrogen-bond acceptors (Lipinski definition) is 3. The minimum absolute atomic E-state index is 0.0894. The predicted molar refractivity (Wildman–Crippen MR) is 53.7 cm³/mol. The van der Waals surface area contributed by atoms with Gasteiger partial charge in [-0.2, -0.15) is 5.10 Å². The number of halogens is 2. The molecule has 7 heteroatoms. The third-order valence-corrected chi connectivity index (χ3v) is 2.33. The minimum Gasteiger partial charge on any atom is -0.478 e. The van der Waals surface area contributed by atoms with Gasteiger partial charge in [0.15, 0.2) is 5.82 Å². The summed E-state index contributed by atoms with van der Waals surface area (Å²) in [5.41, 5.74) is -0.179. The third kappa shape index (κ3) is 1.74. The van der Waals surface area contributed by atoms with Gasteiger partial charge in [0.05, 0.1) is 10.6 Å². The molecular formula is C9H5ClFN3O2. The van der Waals surface area contributed by atoms with Crippen LogP contribution >= 0.6 is 11.6 Å². The third-order valence-electron chi connectivity index (χ3n) is 1.92. The van der Waals surface area contributed by atoms with Gasteiger partial charge in [-0.3, -0.25) is 5.10 Å². The number of carbonyl (C=O) groups is 1. The number of H-pyrrole nitrogens is 1. The van der Waals surface area contributed by atoms with E-state index in [9.17, 15) is 9.18 Å². The molecule has 16 heavy (non-hydrogen) atoms. The predicted octanol–water partition coefficient (Wildman–Crippen LogP) is 1.96. The lowest BCUT2D eigenvalue weighted by atomic mass is 10.1. The molecule has 5 nitrogen and oxygen atoms in total. The molecule has 0 bridgehead atoms. The average molecular weight is 242 g/mol. The summed E-state index contributed by atoms with van der Waals surface area (Å²) < 4.78 is 13.2. The van der Waals surface area contributed by atoms with Crippen molar-refractivity contribution >= 4 is 17.6 Å². The number of aromatic carboxylic acids is 1. The highest BCUT2D eigenvalue weighted by Crippen LogP contribution is 2.29. The van der Waals surface area contributed by atoms with Crippen molar-refractivity contribution in [3.8, 4) is 11.4 Å². The quantitative estimate of drug-likeness (QED) is 0.842. The van der Waals surface area contributed by atoms with Gasteiger partial charge in [-0.25, -0.2) is 14.2 Å². The Balaban J connectivity index is 2.67. The number of benzene rings is 1. The fraction of sp³-hybridized carbons (Fsp3) is 0. The lowest BCUT2D eigenvalue weighted by Gasteiger charge is -2.04. The summed E-state index contributed by atoms with van der Waals surface area (Å²) in [7, 11) is 0. The molecule has 1 aromatic heterocycles. The van der Waals surface area contributed by atoms with Crippen LogP contribution in [0.5, 0.6) is 0 Å². The molecule has 2 N–H and O–H groups in total. The second-order valence-electron chi connectivity index (χ2n) is 2.94. The minimum atomic E-state index is -1.30. The lowest BCUT2D eigenvalue weighted by molar-refractivity contribution is 0.0696. The molecule has 82 valence electrons. The summed E-state index contributed by atoms with van der Waals surface area (Å²) in [4.78, 5) is 14.6. The standard InChI is InChI=1S/C9H5ClFN3O2/c10-7-5(8-12-3-13-14-8)1-4(11)2-6(7)9(15)16/h1-3H,(H,15,16)(H,12,13,14). The maximum Gasteiger partial charge on any atom is 0.337 e. The van der Waals surface area contributed by atoms with Crippen LogP contribution in [0.25, 0.3) is 11.4 Å². The van der Waals surface area contributed by atoms with E-state index in [1.807, 2.05) is 0 Å². The van der Waals surface area contributed by atoms with E-state index in [1.54, 1.807) is 0 Å². The van der Waals surface area contributed by atoms with Crippen LogP contribution in [-0.4, -0.2) is 26.3 Å². The summed E-state index contributed by atoms with van der Waals surface area (Å²) >= 11 is 5.83. The summed E-state index contributed by atoms with van der Waals surface area (Å²) in [5, 5.41) is 14.9. The van der Waals surface area contributed by atoms with Crippen LogP contribution in [0.3, 0.4) is 0 Å². The van der Waals surface area contributed by atoms with Crippen molar-refractivity contribution in [2.45, 2.75) is 0 Å². The van der Waals surface area contributed by atoms with Crippen LogP contribution < -0.4 is 0 Å². The number of aromatic amines is 1. The van der Waals surface area contributed by atoms with E-state index in [0.29, 0.717) is 0 Å². The number of hydrogen-bond donors (Lipinski definition) is 2. The van der Waals surface area contributed by atoms with Crippen LogP contribution in [0.1, 0.15) is 10.4 Å². The number of carboxylic acid groups (broad SMARTS) is 1. The molecule has 0 atom stereocenters. The monoisotopic (exact) mass is 241 g/mol. The van der Waals surface area contributed by atoms with Crippen molar-refractivity contribution < 1.29 is 14.3 Å². The molecule has 0 saturated carbocycles. The zero-order valence-corrected chi connectivity index (χ0v) is 8.49. The normalized spacial score (nSPS) is 10.4. The molecular weight excluding hydrogens is 237 g/mol. The van der Waals surface area contributed by atoms with Gasteiger partial charge in [-0.15, -0.1) is 0 Å². The molecule has 0 radical (unpaired) electrons. The van der Waals surface area contributed by atoms with Gasteiger partial charge in [0.1, 0.15) is 12.1 Å². The highest BCUT2D eigenvalue weighted by atomic mass is 35.5. The Kier molecular flexibility index (Phi) is 2.57. The maximum absolute atomic E-state index is 13.2. The lowest BCUT2D eigenvalue weighted by Crippen LogP contribution is -2.00. The fourth-order valence-electron chi connectivity index (χ4n) is 1.25. The van der Waals surface area contributed by atoms with Crippen LogP contribution in [0, 0.1) is 5.82 Å². The van der Waals surface area contributed by atoms with Gasteiger partial charge in [-0.1, -0.05) is 11.6 Å². The van der Waals surface area contributed by atoms with Gasteiger partial charge < -0.3 is 5.11 Å². The summed E-state index contributed by atoms with van der Waals surface area (Å²) in [6.45, 7) is 0. The smallest absolute Gasteiger partial charge is 0.337 e.